The summed E-state index contributed by atoms with van der Waals surface area (Å²) in [7, 11) is 0. The third-order valence-corrected chi connectivity index (χ3v) is 4.52. The van der Waals surface area contributed by atoms with Crippen molar-refractivity contribution in [2.45, 2.75) is 13.8 Å². The third-order valence-electron chi connectivity index (χ3n) is 3.03. The van der Waals surface area contributed by atoms with Gasteiger partial charge in [0.15, 0.2) is 15.2 Å². The molecule has 1 aromatic rings. The van der Waals surface area contributed by atoms with E-state index in [2.05, 4.69) is 28.6 Å². The lowest BCUT2D eigenvalue weighted by molar-refractivity contribution is 0.0702. The molecule has 0 aromatic carbocycles. The molecule has 0 bridgehead atoms. The van der Waals surface area contributed by atoms with Crippen molar-refractivity contribution in [3.05, 3.63) is 10.0 Å². The number of hydrogen-bond donors (Lipinski definition) is 1. The van der Waals surface area contributed by atoms with Gasteiger partial charge in [-0.2, -0.15) is 0 Å². The Bertz CT molecular complexity index is 456. The van der Waals surface area contributed by atoms with Gasteiger partial charge in [-0.3, -0.25) is 4.90 Å². The summed E-state index contributed by atoms with van der Waals surface area (Å²) in [5.74, 6) is -0.341. The summed E-state index contributed by atoms with van der Waals surface area (Å²) >= 11 is 6.99. The second-order valence-electron chi connectivity index (χ2n) is 5.10. The Hall–Kier alpha value is -0.850. The van der Waals surface area contributed by atoms with Gasteiger partial charge in [-0.25, -0.2) is 9.78 Å². The maximum atomic E-state index is 11.0. The van der Waals surface area contributed by atoms with Crippen LogP contribution in [-0.2, 0) is 0 Å². The second-order valence-corrected chi connectivity index (χ2v) is 6.44. The summed E-state index contributed by atoms with van der Waals surface area (Å²) in [6.45, 7) is 9.24. The average molecular weight is 304 g/mol. The molecule has 0 saturated carbocycles. The first-order chi connectivity index (χ1) is 8.97. The number of halogens is 1. The van der Waals surface area contributed by atoms with Gasteiger partial charge in [0.1, 0.15) is 0 Å². The van der Waals surface area contributed by atoms with E-state index in [-0.39, 0.29) is 10.0 Å². The molecule has 7 heteroatoms. The quantitative estimate of drug-likeness (QED) is 0.925. The van der Waals surface area contributed by atoms with Crippen molar-refractivity contribution >= 4 is 34.0 Å². The molecule has 106 valence electrons. The fourth-order valence-electron chi connectivity index (χ4n) is 2.20. The van der Waals surface area contributed by atoms with Crippen LogP contribution in [0.3, 0.4) is 0 Å². The molecule has 1 aromatic heterocycles. The smallest absolute Gasteiger partial charge is 0.349 e. The maximum absolute atomic E-state index is 11.0. The van der Waals surface area contributed by atoms with Crippen LogP contribution in [0.15, 0.2) is 0 Å². The van der Waals surface area contributed by atoms with Crippen LogP contribution in [0, 0.1) is 5.92 Å². The van der Waals surface area contributed by atoms with Gasteiger partial charge in [0.2, 0.25) is 0 Å². The Kier molecular flexibility index (Phi) is 4.65. The van der Waals surface area contributed by atoms with E-state index in [1.54, 1.807) is 0 Å². The summed E-state index contributed by atoms with van der Waals surface area (Å²) in [4.78, 5) is 19.8. The monoisotopic (exact) mass is 303 g/mol. The number of carbonyl (C=O) groups is 1. The number of piperazine rings is 1. The predicted molar refractivity (Wildman–Crippen MR) is 77.6 cm³/mol. The number of carboxylic acid groups (broad SMARTS) is 1. The molecule has 2 heterocycles. The van der Waals surface area contributed by atoms with Crippen LogP contribution in [-0.4, -0.2) is 53.7 Å². The summed E-state index contributed by atoms with van der Waals surface area (Å²) in [5, 5.41) is 9.79. The molecule has 1 aliphatic rings. The Morgan fingerprint density at radius 3 is 2.53 bits per heavy atom. The molecule has 0 radical (unpaired) electrons. The van der Waals surface area contributed by atoms with Crippen LogP contribution in [0.1, 0.15) is 23.5 Å². The lowest BCUT2D eigenvalue weighted by Gasteiger charge is -2.35. The molecular formula is C12H18ClN3O2S. The first-order valence-electron chi connectivity index (χ1n) is 6.34. The van der Waals surface area contributed by atoms with Crippen LogP contribution in [0.4, 0.5) is 5.13 Å². The minimum absolute atomic E-state index is 0.0945. The van der Waals surface area contributed by atoms with Crippen molar-refractivity contribution in [3.63, 3.8) is 0 Å². The number of thiazole rings is 1. The molecule has 1 aliphatic heterocycles. The van der Waals surface area contributed by atoms with Crippen molar-refractivity contribution in [2.24, 2.45) is 5.92 Å². The number of aromatic nitrogens is 1. The summed E-state index contributed by atoms with van der Waals surface area (Å²) in [6.07, 6.45) is 0. The van der Waals surface area contributed by atoms with Crippen LogP contribution in [0.5, 0.6) is 0 Å². The Morgan fingerprint density at radius 2 is 2.05 bits per heavy atom. The highest BCUT2D eigenvalue weighted by molar-refractivity contribution is 7.18. The van der Waals surface area contributed by atoms with Gasteiger partial charge in [-0.05, 0) is 5.92 Å². The van der Waals surface area contributed by atoms with E-state index in [0.29, 0.717) is 11.0 Å². The maximum Gasteiger partial charge on any atom is 0.349 e. The van der Waals surface area contributed by atoms with Gasteiger partial charge in [0.25, 0.3) is 0 Å². The van der Waals surface area contributed by atoms with E-state index in [0.717, 1.165) is 44.1 Å². The SMILES string of the molecule is CC(C)CN1CCN(c2nc(Cl)c(C(=O)O)s2)CC1. The molecule has 1 saturated heterocycles. The predicted octanol–water partition coefficient (Wildman–Crippen LogP) is 2.27. The number of nitrogens with zero attached hydrogens (tertiary/aromatic N) is 3. The van der Waals surface area contributed by atoms with Gasteiger partial charge in [0, 0.05) is 32.7 Å². The number of aromatic carboxylic acids is 1. The number of carboxylic acids is 1. The van der Waals surface area contributed by atoms with Crippen molar-refractivity contribution < 1.29 is 9.90 Å². The van der Waals surface area contributed by atoms with Crippen LogP contribution >= 0.6 is 22.9 Å². The molecule has 1 N–H and O–H groups in total. The van der Waals surface area contributed by atoms with Gasteiger partial charge in [-0.1, -0.05) is 36.8 Å². The topological polar surface area (TPSA) is 56.7 Å². The highest BCUT2D eigenvalue weighted by Gasteiger charge is 2.23. The molecule has 0 amide bonds. The summed E-state index contributed by atoms with van der Waals surface area (Å²) in [5.41, 5.74) is 0. The normalized spacial score (nSPS) is 17.2. The number of rotatable bonds is 4. The molecule has 0 atom stereocenters. The fourth-order valence-corrected chi connectivity index (χ4v) is 3.37. The second kappa shape index (κ2) is 6.07. The van der Waals surface area contributed by atoms with E-state index in [9.17, 15) is 4.79 Å². The molecule has 0 spiro atoms. The Morgan fingerprint density at radius 1 is 1.42 bits per heavy atom. The standard InChI is InChI=1S/C12H18ClN3O2S/c1-8(2)7-15-3-5-16(6-4-15)12-14-10(13)9(19-12)11(17)18/h8H,3-7H2,1-2H3,(H,17,18). The lowest BCUT2D eigenvalue weighted by atomic mass is 10.2. The minimum Gasteiger partial charge on any atom is -0.477 e. The highest BCUT2D eigenvalue weighted by atomic mass is 35.5. The van der Waals surface area contributed by atoms with Crippen molar-refractivity contribution in [3.8, 4) is 0 Å². The molecule has 1 fully saturated rings. The Labute approximate surface area is 121 Å². The largest absolute Gasteiger partial charge is 0.477 e. The van der Waals surface area contributed by atoms with E-state index < -0.39 is 5.97 Å². The Balaban J connectivity index is 1.98. The van der Waals surface area contributed by atoms with Gasteiger partial charge in [-0.15, -0.1) is 0 Å². The van der Waals surface area contributed by atoms with Crippen molar-refractivity contribution in [1.82, 2.24) is 9.88 Å². The lowest BCUT2D eigenvalue weighted by Crippen LogP contribution is -2.47. The fraction of sp³-hybridized carbons (Fsp3) is 0.667. The summed E-state index contributed by atoms with van der Waals surface area (Å²) in [6, 6.07) is 0. The van der Waals surface area contributed by atoms with Gasteiger partial charge < -0.3 is 10.0 Å². The van der Waals surface area contributed by atoms with E-state index in [1.807, 2.05) is 0 Å². The van der Waals surface area contributed by atoms with Crippen molar-refractivity contribution in [2.75, 3.05) is 37.6 Å². The van der Waals surface area contributed by atoms with Gasteiger partial charge in [0.05, 0.1) is 0 Å². The molecule has 0 unspecified atom stereocenters. The average Bonchev–Trinajstić information content (AvgIpc) is 2.71. The van der Waals surface area contributed by atoms with E-state index in [1.165, 1.54) is 0 Å². The van der Waals surface area contributed by atoms with Crippen LogP contribution in [0.25, 0.3) is 0 Å². The van der Waals surface area contributed by atoms with E-state index in [4.69, 9.17) is 16.7 Å². The third kappa shape index (κ3) is 3.58. The number of anilines is 1. The number of hydrogen-bond acceptors (Lipinski definition) is 5. The summed E-state index contributed by atoms with van der Waals surface area (Å²) < 4.78 is 0. The zero-order valence-electron chi connectivity index (χ0n) is 11.1. The molecular weight excluding hydrogens is 286 g/mol. The van der Waals surface area contributed by atoms with Gasteiger partial charge >= 0.3 is 5.97 Å². The highest BCUT2D eigenvalue weighted by Crippen LogP contribution is 2.30. The molecule has 2 rings (SSSR count). The first-order valence-corrected chi connectivity index (χ1v) is 7.53. The molecule has 0 aliphatic carbocycles. The molecule has 19 heavy (non-hydrogen) atoms. The first kappa shape index (κ1) is 14.6. The van der Waals surface area contributed by atoms with Crippen molar-refractivity contribution in [1.29, 1.82) is 0 Å². The van der Waals surface area contributed by atoms with E-state index >= 15 is 0 Å². The van der Waals surface area contributed by atoms with Crippen LogP contribution in [0.2, 0.25) is 5.15 Å². The molecule has 5 nitrogen and oxygen atoms in total. The zero-order chi connectivity index (χ0) is 14.0. The van der Waals surface area contributed by atoms with Crippen LogP contribution < -0.4 is 4.90 Å². The zero-order valence-corrected chi connectivity index (χ0v) is 12.7. The minimum atomic E-state index is -1.01.